The summed E-state index contributed by atoms with van der Waals surface area (Å²) in [5.41, 5.74) is 2.57. The third-order valence-electron chi connectivity index (χ3n) is 4.17. The molecular weight excluding hydrogens is 330 g/mol. The van der Waals surface area contributed by atoms with Crippen LogP contribution < -0.4 is 5.56 Å². The second-order valence-electron chi connectivity index (χ2n) is 6.15. The lowest BCUT2D eigenvalue weighted by molar-refractivity contribution is 0.0674. The smallest absolute Gasteiger partial charge is 0.272 e. The van der Waals surface area contributed by atoms with E-state index in [-0.39, 0.29) is 18.0 Å². The van der Waals surface area contributed by atoms with Gasteiger partial charge in [-0.2, -0.15) is 0 Å². The standard InChI is InChI=1S/C20H21N3O3/c1-14-6-7-17-15(11-14)12-16(19(24)22-17)13-23(9-10-26-2)20(25)18-5-3-4-8-21-18/h3-8,11-12H,9-10,13H2,1-2H3,(H,22,24). The minimum absolute atomic E-state index is 0.192. The molecular formula is C20H21N3O3. The Hall–Kier alpha value is -2.99. The molecule has 0 atom stereocenters. The van der Waals surface area contributed by atoms with E-state index in [9.17, 15) is 9.59 Å². The number of aromatic amines is 1. The molecule has 26 heavy (non-hydrogen) atoms. The van der Waals surface area contributed by atoms with Crippen molar-refractivity contribution in [2.75, 3.05) is 20.3 Å². The number of ether oxygens (including phenoxy) is 1. The summed E-state index contributed by atoms with van der Waals surface area (Å²) in [7, 11) is 1.58. The Morgan fingerprint density at radius 1 is 1.23 bits per heavy atom. The minimum Gasteiger partial charge on any atom is -0.383 e. The molecule has 0 saturated heterocycles. The molecule has 1 amide bonds. The minimum atomic E-state index is -0.230. The van der Waals surface area contributed by atoms with E-state index >= 15 is 0 Å². The number of H-pyrrole nitrogens is 1. The molecule has 134 valence electrons. The van der Waals surface area contributed by atoms with Crippen molar-refractivity contribution in [2.24, 2.45) is 0 Å². The van der Waals surface area contributed by atoms with Crippen molar-refractivity contribution in [2.45, 2.75) is 13.5 Å². The summed E-state index contributed by atoms with van der Waals surface area (Å²) in [6.07, 6.45) is 1.58. The van der Waals surface area contributed by atoms with Crippen molar-refractivity contribution >= 4 is 16.8 Å². The number of benzene rings is 1. The lowest BCUT2D eigenvalue weighted by Gasteiger charge is -2.22. The maximum Gasteiger partial charge on any atom is 0.272 e. The maximum absolute atomic E-state index is 12.8. The predicted octanol–water partition coefficient (Wildman–Crippen LogP) is 2.52. The third-order valence-corrected chi connectivity index (χ3v) is 4.17. The van der Waals surface area contributed by atoms with Gasteiger partial charge in [-0.15, -0.1) is 0 Å². The number of rotatable bonds is 6. The van der Waals surface area contributed by atoms with E-state index in [4.69, 9.17) is 4.74 Å². The van der Waals surface area contributed by atoms with Gasteiger partial charge in [-0.25, -0.2) is 0 Å². The number of carbonyl (C=O) groups is 1. The predicted molar refractivity (Wildman–Crippen MR) is 100 cm³/mol. The summed E-state index contributed by atoms with van der Waals surface area (Å²) in [6, 6.07) is 12.9. The van der Waals surface area contributed by atoms with Gasteiger partial charge in [-0.1, -0.05) is 17.7 Å². The molecule has 2 heterocycles. The summed E-state index contributed by atoms with van der Waals surface area (Å²) in [5, 5.41) is 0.941. The highest BCUT2D eigenvalue weighted by Gasteiger charge is 2.18. The van der Waals surface area contributed by atoms with Crippen molar-refractivity contribution in [1.29, 1.82) is 0 Å². The molecule has 0 spiro atoms. The van der Waals surface area contributed by atoms with E-state index in [0.717, 1.165) is 16.5 Å². The fourth-order valence-electron chi connectivity index (χ4n) is 2.80. The number of pyridine rings is 2. The van der Waals surface area contributed by atoms with E-state index in [1.165, 1.54) is 0 Å². The van der Waals surface area contributed by atoms with Crippen LogP contribution in [0.3, 0.4) is 0 Å². The van der Waals surface area contributed by atoms with E-state index in [2.05, 4.69) is 9.97 Å². The molecule has 0 aliphatic rings. The van der Waals surface area contributed by atoms with Crippen LogP contribution >= 0.6 is 0 Å². The van der Waals surface area contributed by atoms with E-state index in [0.29, 0.717) is 24.4 Å². The summed E-state index contributed by atoms with van der Waals surface area (Å²) in [4.78, 5) is 33.8. The molecule has 6 heteroatoms. The number of hydrogen-bond donors (Lipinski definition) is 1. The van der Waals surface area contributed by atoms with Gasteiger partial charge in [-0.05, 0) is 42.6 Å². The highest BCUT2D eigenvalue weighted by atomic mass is 16.5. The van der Waals surface area contributed by atoms with Gasteiger partial charge in [0.25, 0.3) is 11.5 Å². The molecule has 3 rings (SSSR count). The van der Waals surface area contributed by atoms with Gasteiger partial charge < -0.3 is 14.6 Å². The second-order valence-corrected chi connectivity index (χ2v) is 6.15. The largest absolute Gasteiger partial charge is 0.383 e. The number of aromatic nitrogens is 2. The van der Waals surface area contributed by atoms with Crippen molar-refractivity contribution < 1.29 is 9.53 Å². The summed E-state index contributed by atoms with van der Waals surface area (Å²) in [5.74, 6) is -0.230. The molecule has 0 aliphatic heterocycles. The van der Waals surface area contributed by atoms with Gasteiger partial charge in [0.1, 0.15) is 5.69 Å². The first-order valence-electron chi connectivity index (χ1n) is 8.40. The Kier molecular flexibility index (Phi) is 5.43. The number of nitrogens with zero attached hydrogens (tertiary/aromatic N) is 2. The lowest BCUT2D eigenvalue weighted by Crippen LogP contribution is -2.35. The molecule has 1 aromatic carbocycles. The Labute approximate surface area is 151 Å². The van der Waals surface area contributed by atoms with Gasteiger partial charge >= 0.3 is 0 Å². The Morgan fingerprint density at radius 2 is 2.08 bits per heavy atom. The van der Waals surface area contributed by atoms with Crippen LogP contribution in [0.25, 0.3) is 10.9 Å². The molecule has 0 radical (unpaired) electrons. The molecule has 0 bridgehead atoms. The van der Waals surface area contributed by atoms with Crippen molar-refractivity contribution in [3.05, 3.63) is 75.8 Å². The number of hydrogen-bond acceptors (Lipinski definition) is 4. The van der Waals surface area contributed by atoms with E-state index < -0.39 is 0 Å². The zero-order chi connectivity index (χ0) is 18.5. The molecule has 0 fully saturated rings. The summed E-state index contributed by atoms with van der Waals surface area (Å²) >= 11 is 0. The van der Waals surface area contributed by atoms with Crippen molar-refractivity contribution in [3.8, 4) is 0 Å². The SMILES string of the molecule is COCCN(Cc1cc2cc(C)ccc2[nH]c1=O)C(=O)c1ccccn1. The van der Waals surface area contributed by atoms with Gasteiger partial charge in [-0.3, -0.25) is 14.6 Å². The van der Waals surface area contributed by atoms with Crippen LogP contribution in [-0.4, -0.2) is 41.0 Å². The zero-order valence-corrected chi connectivity index (χ0v) is 14.9. The van der Waals surface area contributed by atoms with Crippen molar-refractivity contribution in [3.63, 3.8) is 0 Å². The topological polar surface area (TPSA) is 75.3 Å². The zero-order valence-electron chi connectivity index (χ0n) is 14.9. The van der Waals surface area contributed by atoms with Gasteiger partial charge in [0.05, 0.1) is 13.2 Å². The molecule has 2 aromatic heterocycles. The maximum atomic E-state index is 12.8. The average molecular weight is 351 g/mol. The first kappa shape index (κ1) is 17.8. The van der Waals surface area contributed by atoms with E-state index in [1.54, 1.807) is 36.4 Å². The highest BCUT2D eigenvalue weighted by Crippen LogP contribution is 2.15. The lowest BCUT2D eigenvalue weighted by atomic mass is 10.1. The summed E-state index contributed by atoms with van der Waals surface area (Å²) in [6.45, 7) is 2.94. The van der Waals surface area contributed by atoms with E-state index in [1.807, 2.05) is 31.2 Å². The van der Waals surface area contributed by atoms with Crippen LogP contribution in [0.4, 0.5) is 0 Å². The number of fused-ring (bicyclic) bond motifs is 1. The molecule has 0 unspecified atom stereocenters. The first-order valence-corrected chi connectivity index (χ1v) is 8.40. The van der Waals surface area contributed by atoms with Crippen LogP contribution in [0, 0.1) is 6.92 Å². The molecule has 6 nitrogen and oxygen atoms in total. The Balaban J connectivity index is 1.93. The number of amides is 1. The Bertz CT molecular complexity index is 967. The fraction of sp³-hybridized carbons (Fsp3) is 0.250. The highest BCUT2D eigenvalue weighted by molar-refractivity contribution is 5.92. The van der Waals surface area contributed by atoms with Gasteiger partial charge in [0.2, 0.25) is 0 Å². The molecule has 0 saturated carbocycles. The number of methoxy groups -OCH3 is 1. The monoisotopic (exact) mass is 351 g/mol. The Morgan fingerprint density at radius 3 is 2.81 bits per heavy atom. The molecule has 3 aromatic rings. The average Bonchev–Trinajstić information content (AvgIpc) is 2.66. The molecule has 1 N–H and O–H groups in total. The van der Waals surface area contributed by atoms with Gasteiger partial charge in [0, 0.05) is 30.9 Å². The second kappa shape index (κ2) is 7.93. The van der Waals surface area contributed by atoms with Crippen LogP contribution in [0.2, 0.25) is 0 Å². The summed E-state index contributed by atoms with van der Waals surface area (Å²) < 4.78 is 5.11. The van der Waals surface area contributed by atoms with Crippen LogP contribution in [-0.2, 0) is 11.3 Å². The molecule has 0 aliphatic carbocycles. The van der Waals surface area contributed by atoms with Crippen molar-refractivity contribution in [1.82, 2.24) is 14.9 Å². The first-order chi connectivity index (χ1) is 12.6. The number of carbonyl (C=O) groups excluding carboxylic acids is 1. The quantitative estimate of drug-likeness (QED) is 0.740. The number of nitrogens with one attached hydrogen (secondary N) is 1. The van der Waals surface area contributed by atoms with Crippen LogP contribution in [0.15, 0.2) is 53.5 Å². The van der Waals surface area contributed by atoms with Crippen LogP contribution in [0.1, 0.15) is 21.6 Å². The van der Waals surface area contributed by atoms with Gasteiger partial charge in [0.15, 0.2) is 0 Å². The fourth-order valence-corrected chi connectivity index (χ4v) is 2.80. The normalized spacial score (nSPS) is 10.8. The number of aryl methyl sites for hydroxylation is 1. The van der Waals surface area contributed by atoms with Crippen LogP contribution in [0.5, 0.6) is 0 Å². The third kappa shape index (κ3) is 3.97.